The molecule has 0 bridgehead atoms. The minimum atomic E-state index is 0.288. The highest BCUT2D eigenvalue weighted by Crippen LogP contribution is 2.35. The van der Waals surface area contributed by atoms with Gasteiger partial charge in [0.15, 0.2) is 0 Å². The lowest BCUT2D eigenvalue weighted by molar-refractivity contribution is 0.0363. The minimum absolute atomic E-state index is 0.288. The molecule has 0 saturated carbocycles. The van der Waals surface area contributed by atoms with Gasteiger partial charge in [-0.05, 0) is 55.8 Å². The van der Waals surface area contributed by atoms with E-state index >= 15 is 0 Å². The van der Waals surface area contributed by atoms with Gasteiger partial charge in [0.1, 0.15) is 5.75 Å². The molecule has 5 heteroatoms. The van der Waals surface area contributed by atoms with E-state index < -0.39 is 0 Å². The van der Waals surface area contributed by atoms with Crippen molar-refractivity contribution in [2.45, 2.75) is 31.6 Å². The zero-order chi connectivity index (χ0) is 16.4. The Morgan fingerprint density at radius 3 is 2.96 bits per heavy atom. The minimum Gasteiger partial charge on any atom is -0.508 e. The number of rotatable bonds is 4. The molecule has 5 nitrogen and oxygen atoms in total. The number of morpholine rings is 1. The number of aromatic hydroxyl groups is 1. The maximum absolute atomic E-state index is 9.74. The predicted octanol–water partition coefficient (Wildman–Crippen LogP) is 2.72. The van der Waals surface area contributed by atoms with E-state index in [0.29, 0.717) is 5.92 Å². The zero-order valence-electron chi connectivity index (χ0n) is 14.0. The number of ether oxygens (including phenoxy) is 1. The molecule has 2 aromatic rings. The molecule has 1 aliphatic heterocycles. The maximum atomic E-state index is 9.74. The second-order valence-corrected chi connectivity index (χ2v) is 6.81. The number of phenols is 1. The molecule has 1 saturated heterocycles. The van der Waals surface area contributed by atoms with Crippen molar-refractivity contribution in [3.05, 3.63) is 41.7 Å². The fourth-order valence-electron chi connectivity index (χ4n) is 3.96. The van der Waals surface area contributed by atoms with Gasteiger partial charge in [-0.25, -0.2) is 4.68 Å². The third kappa shape index (κ3) is 3.19. The summed E-state index contributed by atoms with van der Waals surface area (Å²) in [5.74, 6) is 0.888. The topological polar surface area (TPSA) is 50.5 Å². The number of nitrogens with zero attached hydrogens (tertiary/aromatic N) is 3. The van der Waals surface area contributed by atoms with E-state index in [1.54, 1.807) is 12.1 Å². The number of hydrogen-bond acceptors (Lipinski definition) is 4. The van der Waals surface area contributed by atoms with Crippen molar-refractivity contribution in [2.75, 3.05) is 32.8 Å². The summed E-state index contributed by atoms with van der Waals surface area (Å²) in [5.41, 5.74) is 3.67. The molecule has 1 unspecified atom stereocenters. The molecule has 1 atom stereocenters. The fraction of sp³-hybridized carbons (Fsp3) is 0.526. The van der Waals surface area contributed by atoms with Crippen molar-refractivity contribution >= 4 is 0 Å². The molecule has 1 aromatic carbocycles. The van der Waals surface area contributed by atoms with Gasteiger partial charge in [-0.15, -0.1) is 0 Å². The lowest BCUT2D eigenvalue weighted by Gasteiger charge is -2.29. The molecule has 1 N–H and O–H groups in total. The van der Waals surface area contributed by atoms with E-state index in [1.165, 1.54) is 30.5 Å². The molecule has 0 amide bonds. The lowest BCUT2D eigenvalue weighted by atomic mass is 9.84. The average Bonchev–Trinajstić information content (AvgIpc) is 3.05. The van der Waals surface area contributed by atoms with Gasteiger partial charge in [-0.2, -0.15) is 5.10 Å². The first-order chi connectivity index (χ1) is 11.8. The Balaban J connectivity index is 1.51. The molecule has 4 rings (SSSR count). The Morgan fingerprint density at radius 1 is 1.25 bits per heavy atom. The predicted molar refractivity (Wildman–Crippen MR) is 92.8 cm³/mol. The van der Waals surface area contributed by atoms with E-state index in [4.69, 9.17) is 4.74 Å². The Bertz CT molecular complexity index is 692. The van der Waals surface area contributed by atoms with E-state index in [2.05, 4.69) is 10.00 Å². The van der Waals surface area contributed by atoms with Crippen molar-refractivity contribution < 1.29 is 9.84 Å². The van der Waals surface area contributed by atoms with Crippen molar-refractivity contribution in [3.63, 3.8) is 0 Å². The SMILES string of the molecule is Oc1cccc(-n2ncc3c2CCCC3CCN2CCOCC2)c1. The highest BCUT2D eigenvalue weighted by atomic mass is 16.5. The highest BCUT2D eigenvalue weighted by molar-refractivity contribution is 5.41. The van der Waals surface area contributed by atoms with Crippen LogP contribution < -0.4 is 0 Å². The Kier molecular flexibility index (Phi) is 4.54. The van der Waals surface area contributed by atoms with Gasteiger partial charge < -0.3 is 9.84 Å². The van der Waals surface area contributed by atoms with Gasteiger partial charge in [-0.1, -0.05) is 6.07 Å². The second kappa shape index (κ2) is 6.95. The van der Waals surface area contributed by atoms with Gasteiger partial charge in [0.05, 0.1) is 25.1 Å². The second-order valence-electron chi connectivity index (χ2n) is 6.81. The number of hydrogen-bond donors (Lipinski definition) is 1. The van der Waals surface area contributed by atoms with Gasteiger partial charge in [0, 0.05) is 24.8 Å². The molecule has 1 fully saturated rings. The van der Waals surface area contributed by atoms with Crippen LogP contribution >= 0.6 is 0 Å². The zero-order valence-corrected chi connectivity index (χ0v) is 14.0. The fourth-order valence-corrected chi connectivity index (χ4v) is 3.96. The van der Waals surface area contributed by atoms with Crippen LogP contribution in [0.25, 0.3) is 5.69 Å². The molecule has 2 heterocycles. The van der Waals surface area contributed by atoms with Gasteiger partial charge in [-0.3, -0.25) is 4.90 Å². The van der Waals surface area contributed by atoms with Crippen LogP contribution in [0.5, 0.6) is 5.75 Å². The van der Waals surface area contributed by atoms with Crippen molar-refractivity contribution in [2.24, 2.45) is 0 Å². The van der Waals surface area contributed by atoms with Gasteiger partial charge in [0.25, 0.3) is 0 Å². The van der Waals surface area contributed by atoms with Crippen LogP contribution in [0.1, 0.15) is 36.4 Å². The molecule has 1 aliphatic carbocycles. The molecular formula is C19H25N3O2. The maximum Gasteiger partial charge on any atom is 0.117 e. The number of phenolic OH excluding ortho intramolecular Hbond substituents is 1. The third-order valence-corrected chi connectivity index (χ3v) is 5.28. The quantitative estimate of drug-likeness (QED) is 0.938. The summed E-state index contributed by atoms with van der Waals surface area (Å²) in [6.07, 6.45) is 6.77. The smallest absolute Gasteiger partial charge is 0.117 e. The van der Waals surface area contributed by atoms with Gasteiger partial charge >= 0.3 is 0 Å². The first-order valence-electron chi connectivity index (χ1n) is 8.97. The Hall–Kier alpha value is -1.85. The first-order valence-corrected chi connectivity index (χ1v) is 8.97. The molecule has 24 heavy (non-hydrogen) atoms. The third-order valence-electron chi connectivity index (χ3n) is 5.28. The van der Waals surface area contributed by atoms with Gasteiger partial charge in [0.2, 0.25) is 0 Å². The highest BCUT2D eigenvalue weighted by Gasteiger charge is 2.25. The van der Waals surface area contributed by atoms with E-state index in [-0.39, 0.29) is 5.75 Å². The molecule has 0 radical (unpaired) electrons. The van der Waals surface area contributed by atoms with Crippen molar-refractivity contribution in [3.8, 4) is 11.4 Å². The monoisotopic (exact) mass is 327 g/mol. The van der Waals surface area contributed by atoms with Crippen LogP contribution in [0.2, 0.25) is 0 Å². The van der Waals surface area contributed by atoms with Crippen molar-refractivity contribution in [1.29, 1.82) is 0 Å². The van der Waals surface area contributed by atoms with Crippen LogP contribution in [-0.2, 0) is 11.2 Å². The van der Waals surface area contributed by atoms with Crippen LogP contribution in [0.15, 0.2) is 30.5 Å². The summed E-state index contributed by atoms with van der Waals surface area (Å²) in [6.45, 7) is 4.99. The molecule has 2 aliphatic rings. The summed E-state index contributed by atoms with van der Waals surface area (Å²) < 4.78 is 7.44. The Morgan fingerprint density at radius 2 is 2.12 bits per heavy atom. The molecule has 0 spiro atoms. The molecule has 1 aromatic heterocycles. The van der Waals surface area contributed by atoms with Crippen LogP contribution in [0.3, 0.4) is 0 Å². The molecule has 128 valence electrons. The Labute approximate surface area is 142 Å². The van der Waals surface area contributed by atoms with E-state index in [0.717, 1.165) is 45.0 Å². The van der Waals surface area contributed by atoms with Crippen LogP contribution in [0, 0.1) is 0 Å². The van der Waals surface area contributed by atoms with Crippen LogP contribution in [-0.4, -0.2) is 52.6 Å². The summed E-state index contributed by atoms with van der Waals surface area (Å²) in [7, 11) is 0. The standard InChI is InChI=1S/C19H25N3O2/c23-17-5-2-4-16(13-17)22-19-6-1-3-15(18(19)14-20-22)7-8-21-9-11-24-12-10-21/h2,4-5,13-15,23H,1,3,6-12H2. The van der Waals surface area contributed by atoms with Crippen LogP contribution in [0.4, 0.5) is 0 Å². The van der Waals surface area contributed by atoms with E-state index in [9.17, 15) is 5.11 Å². The first kappa shape index (κ1) is 15.7. The van der Waals surface area contributed by atoms with E-state index in [1.807, 2.05) is 23.0 Å². The largest absolute Gasteiger partial charge is 0.508 e. The summed E-state index contributed by atoms with van der Waals surface area (Å²) >= 11 is 0. The number of aromatic nitrogens is 2. The average molecular weight is 327 g/mol. The molecular weight excluding hydrogens is 302 g/mol. The summed E-state index contributed by atoms with van der Waals surface area (Å²) in [5, 5.41) is 14.4. The summed E-state index contributed by atoms with van der Waals surface area (Å²) in [4.78, 5) is 2.51. The van der Waals surface area contributed by atoms with Crippen molar-refractivity contribution in [1.82, 2.24) is 14.7 Å². The number of benzene rings is 1. The normalized spacial score (nSPS) is 21.6. The number of fused-ring (bicyclic) bond motifs is 1. The summed E-state index contributed by atoms with van der Waals surface area (Å²) in [6, 6.07) is 7.36. The lowest BCUT2D eigenvalue weighted by Crippen LogP contribution is -2.37.